The molecule has 0 saturated heterocycles. The van der Waals surface area contributed by atoms with E-state index in [1.165, 1.54) is 0 Å². The second-order valence-electron chi connectivity index (χ2n) is 3.02. The van der Waals surface area contributed by atoms with Crippen LogP contribution in [0, 0.1) is 6.92 Å². The van der Waals surface area contributed by atoms with Crippen molar-refractivity contribution in [3.8, 4) is 0 Å². The molecule has 0 aliphatic carbocycles. The largest absolute Gasteiger partial charge is 0.494 e. The van der Waals surface area contributed by atoms with Crippen LogP contribution >= 0.6 is 12.2 Å². The fraction of sp³-hybridized carbons (Fsp3) is 0.100. The number of hydrazine groups is 1. The van der Waals surface area contributed by atoms with Crippen molar-refractivity contribution in [3.05, 3.63) is 42.3 Å². The van der Waals surface area contributed by atoms with Crippen molar-refractivity contribution < 1.29 is 5.11 Å². The summed E-state index contributed by atoms with van der Waals surface area (Å²) >= 11 is 4.96. The van der Waals surface area contributed by atoms with Gasteiger partial charge in [0, 0.05) is 5.69 Å². The van der Waals surface area contributed by atoms with E-state index < -0.39 is 0 Å². The van der Waals surface area contributed by atoms with Gasteiger partial charge in [-0.3, -0.25) is 10.9 Å². The molecule has 0 aliphatic heterocycles. The molecule has 0 heterocycles. The molecule has 0 aromatic heterocycles. The van der Waals surface area contributed by atoms with E-state index in [2.05, 4.69) is 22.7 Å². The highest BCUT2D eigenvalue weighted by molar-refractivity contribution is 7.80. The Bertz CT molecular complexity index is 379. The first-order valence-corrected chi connectivity index (χ1v) is 4.76. The quantitative estimate of drug-likeness (QED) is 0.358. The molecule has 0 aliphatic rings. The summed E-state index contributed by atoms with van der Waals surface area (Å²) in [5.74, 6) is -0.191. The molecule has 0 bridgehead atoms. The molecule has 0 radical (unpaired) electrons. The number of rotatable bonds is 3. The topological polar surface area (TPSA) is 56.3 Å². The molecular formula is C10H13N3OS. The zero-order valence-corrected chi connectivity index (χ0v) is 9.19. The molecule has 4 nitrogen and oxygen atoms in total. The van der Waals surface area contributed by atoms with Crippen LogP contribution in [-0.2, 0) is 0 Å². The third-order valence-electron chi connectivity index (χ3n) is 1.60. The average Bonchev–Trinajstić information content (AvgIpc) is 2.15. The number of aliphatic hydroxyl groups is 1. The number of hydrogen-bond acceptors (Lipinski definition) is 3. The summed E-state index contributed by atoms with van der Waals surface area (Å²) in [6, 6.07) is 7.78. The third kappa shape index (κ3) is 4.33. The van der Waals surface area contributed by atoms with E-state index in [0.717, 1.165) is 11.3 Å². The van der Waals surface area contributed by atoms with Crippen molar-refractivity contribution in [2.24, 2.45) is 0 Å². The van der Waals surface area contributed by atoms with Crippen LogP contribution in [0.3, 0.4) is 0 Å². The van der Waals surface area contributed by atoms with Crippen LogP contribution in [0.5, 0.6) is 0 Å². The molecule has 1 aromatic rings. The summed E-state index contributed by atoms with van der Waals surface area (Å²) in [4.78, 5) is 0. The molecule has 0 saturated carbocycles. The Kier molecular flexibility index (Phi) is 3.93. The maximum atomic E-state index is 8.76. The summed E-state index contributed by atoms with van der Waals surface area (Å²) < 4.78 is 0. The van der Waals surface area contributed by atoms with Crippen LogP contribution < -0.4 is 16.2 Å². The smallest absolute Gasteiger partial charge is 0.195 e. The molecule has 1 aromatic carbocycles. The Labute approximate surface area is 94.0 Å². The fourth-order valence-electron chi connectivity index (χ4n) is 1.01. The lowest BCUT2D eigenvalue weighted by molar-refractivity contribution is 0.359. The maximum Gasteiger partial charge on any atom is 0.195 e. The van der Waals surface area contributed by atoms with Gasteiger partial charge >= 0.3 is 0 Å². The second-order valence-corrected chi connectivity index (χ2v) is 3.43. The van der Waals surface area contributed by atoms with Crippen molar-refractivity contribution in [1.82, 2.24) is 10.9 Å². The monoisotopic (exact) mass is 223 g/mol. The van der Waals surface area contributed by atoms with Crippen LogP contribution in [-0.4, -0.2) is 10.2 Å². The Balaban J connectivity index is 2.48. The number of thiocarbonyl (C=S) groups is 1. The molecule has 15 heavy (non-hydrogen) atoms. The SMILES string of the molecule is C=C(O)NNC(=S)Nc1cccc(C)c1. The van der Waals surface area contributed by atoms with Crippen molar-refractivity contribution >= 4 is 23.0 Å². The first-order valence-electron chi connectivity index (χ1n) is 4.35. The second kappa shape index (κ2) is 5.21. The summed E-state index contributed by atoms with van der Waals surface area (Å²) in [7, 11) is 0. The summed E-state index contributed by atoms with van der Waals surface area (Å²) in [5, 5.41) is 12.1. The van der Waals surface area contributed by atoms with Gasteiger partial charge in [0.25, 0.3) is 0 Å². The van der Waals surface area contributed by atoms with Crippen molar-refractivity contribution in [3.63, 3.8) is 0 Å². The van der Waals surface area contributed by atoms with Crippen molar-refractivity contribution in [2.45, 2.75) is 6.92 Å². The van der Waals surface area contributed by atoms with Crippen LogP contribution in [0.4, 0.5) is 5.69 Å². The highest BCUT2D eigenvalue weighted by Gasteiger charge is 1.96. The van der Waals surface area contributed by atoms with Gasteiger partial charge in [-0.15, -0.1) is 0 Å². The van der Waals surface area contributed by atoms with Gasteiger partial charge in [-0.25, -0.2) is 0 Å². The summed E-state index contributed by atoms with van der Waals surface area (Å²) in [6.07, 6.45) is 0. The van der Waals surface area contributed by atoms with Gasteiger partial charge in [0.05, 0.1) is 0 Å². The molecule has 5 heteroatoms. The van der Waals surface area contributed by atoms with Crippen LogP contribution in [0.2, 0.25) is 0 Å². The number of anilines is 1. The lowest BCUT2D eigenvalue weighted by Gasteiger charge is -2.11. The van der Waals surface area contributed by atoms with E-state index >= 15 is 0 Å². The molecule has 0 amide bonds. The molecule has 1 rings (SSSR count). The summed E-state index contributed by atoms with van der Waals surface area (Å²) in [6.45, 7) is 5.24. The average molecular weight is 223 g/mol. The number of aliphatic hydroxyl groups excluding tert-OH is 1. The lowest BCUT2D eigenvalue weighted by Crippen LogP contribution is -2.39. The fourth-order valence-corrected chi connectivity index (χ4v) is 1.18. The highest BCUT2D eigenvalue weighted by atomic mass is 32.1. The molecule has 4 N–H and O–H groups in total. The Morgan fingerprint density at radius 1 is 1.40 bits per heavy atom. The van der Waals surface area contributed by atoms with Crippen molar-refractivity contribution in [1.29, 1.82) is 0 Å². The molecule has 0 atom stereocenters. The number of nitrogens with one attached hydrogen (secondary N) is 3. The van der Waals surface area contributed by atoms with Gasteiger partial charge in [0.2, 0.25) is 0 Å². The lowest BCUT2D eigenvalue weighted by atomic mass is 10.2. The first-order chi connectivity index (χ1) is 7.08. The van der Waals surface area contributed by atoms with Gasteiger partial charge in [0.1, 0.15) is 0 Å². The molecule has 0 fully saturated rings. The number of benzene rings is 1. The van der Waals surface area contributed by atoms with E-state index in [-0.39, 0.29) is 5.88 Å². The molecular weight excluding hydrogens is 210 g/mol. The van der Waals surface area contributed by atoms with E-state index in [0.29, 0.717) is 5.11 Å². The van der Waals surface area contributed by atoms with E-state index in [1.807, 2.05) is 31.2 Å². The van der Waals surface area contributed by atoms with Gasteiger partial charge in [0.15, 0.2) is 11.0 Å². The Hall–Kier alpha value is -1.75. The van der Waals surface area contributed by atoms with Crippen LogP contribution in [0.15, 0.2) is 36.7 Å². The van der Waals surface area contributed by atoms with Gasteiger partial charge in [-0.05, 0) is 43.4 Å². The van der Waals surface area contributed by atoms with E-state index in [9.17, 15) is 0 Å². The number of hydrogen-bond donors (Lipinski definition) is 4. The minimum absolute atomic E-state index is 0.191. The minimum atomic E-state index is -0.191. The number of aryl methyl sites for hydroxylation is 1. The summed E-state index contributed by atoms with van der Waals surface area (Å²) in [5.41, 5.74) is 6.99. The highest BCUT2D eigenvalue weighted by Crippen LogP contribution is 2.08. The standard InChI is InChI=1S/C10H13N3OS/c1-7-4-3-5-9(6-7)11-10(15)13-12-8(2)14/h3-6,12,14H,2H2,1H3,(H2,11,13,15). The predicted octanol–water partition coefficient (Wildman–Crippen LogP) is 1.82. The zero-order valence-electron chi connectivity index (χ0n) is 8.37. The van der Waals surface area contributed by atoms with Gasteiger partial charge in [-0.1, -0.05) is 12.1 Å². The Morgan fingerprint density at radius 2 is 2.13 bits per heavy atom. The Morgan fingerprint density at radius 3 is 2.73 bits per heavy atom. The normalized spacial score (nSPS) is 9.13. The minimum Gasteiger partial charge on any atom is -0.494 e. The first kappa shape index (κ1) is 11.3. The van der Waals surface area contributed by atoms with Crippen LogP contribution in [0.25, 0.3) is 0 Å². The van der Waals surface area contributed by atoms with E-state index in [4.69, 9.17) is 17.3 Å². The molecule has 80 valence electrons. The zero-order chi connectivity index (χ0) is 11.3. The van der Waals surface area contributed by atoms with Crippen LogP contribution in [0.1, 0.15) is 5.56 Å². The van der Waals surface area contributed by atoms with E-state index in [1.54, 1.807) is 0 Å². The molecule has 0 unspecified atom stereocenters. The third-order valence-corrected chi connectivity index (χ3v) is 1.80. The van der Waals surface area contributed by atoms with Crippen molar-refractivity contribution in [2.75, 3.05) is 5.32 Å². The maximum absolute atomic E-state index is 8.76. The predicted molar refractivity (Wildman–Crippen MR) is 65.4 cm³/mol. The molecule has 0 spiro atoms. The van der Waals surface area contributed by atoms with Gasteiger partial charge < -0.3 is 10.4 Å². The van der Waals surface area contributed by atoms with Gasteiger partial charge in [-0.2, -0.15) is 0 Å².